The van der Waals surface area contributed by atoms with E-state index in [1.165, 1.54) is 12.8 Å². The minimum atomic E-state index is 0.269. The van der Waals surface area contributed by atoms with Gasteiger partial charge in [0, 0.05) is 5.54 Å². The number of rotatable bonds is 6. The molecule has 0 fully saturated rings. The Morgan fingerprint density at radius 1 is 1.00 bits per heavy atom. The molecule has 0 rings (SSSR count). The first kappa shape index (κ1) is 11.9. The zero-order valence-corrected chi connectivity index (χ0v) is 9.04. The van der Waals surface area contributed by atoms with Gasteiger partial charge >= 0.3 is 0 Å². The van der Waals surface area contributed by atoms with Crippen LogP contribution in [0.25, 0.3) is 0 Å². The topological polar surface area (TPSA) is 24.1 Å². The quantitative estimate of drug-likeness (QED) is 0.597. The largest absolute Gasteiger partial charge is 0.317 e. The van der Waals surface area contributed by atoms with Crippen LogP contribution in [0.4, 0.5) is 0 Å². The molecular weight excluding hydrogens is 148 g/mol. The van der Waals surface area contributed by atoms with Crippen LogP contribution in [0, 0.1) is 0 Å². The van der Waals surface area contributed by atoms with E-state index in [1.807, 2.05) is 0 Å². The summed E-state index contributed by atoms with van der Waals surface area (Å²) in [5, 5.41) is 6.84. The number of nitrogens with one attached hydrogen (secondary N) is 2. The number of hydrogen-bond donors (Lipinski definition) is 2. The highest BCUT2D eigenvalue weighted by Crippen LogP contribution is 1.97. The Hall–Kier alpha value is -0.0800. The van der Waals surface area contributed by atoms with Gasteiger partial charge in [0.05, 0.1) is 0 Å². The van der Waals surface area contributed by atoms with Crippen LogP contribution in [-0.2, 0) is 0 Å². The molecule has 74 valence electrons. The van der Waals surface area contributed by atoms with Crippen molar-refractivity contribution in [3.05, 3.63) is 0 Å². The Bertz CT molecular complexity index is 94.5. The van der Waals surface area contributed by atoms with E-state index >= 15 is 0 Å². The molecule has 0 aromatic carbocycles. The molecule has 0 saturated heterocycles. The average molecular weight is 172 g/mol. The summed E-state index contributed by atoms with van der Waals surface area (Å²) in [7, 11) is 0. The highest BCUT2D eigenvalue weighted by atomic mass is 14.9. The van der Waals surface area contributed by atoms with Gasteiger partial charge in [-0.25, -0.2) is 0 Å². The maximum Gasteiger partial charge on any atom is 0.00965 e. The van der Waals surface area contributed by atoms with Gasteiger partial charge in [0.25, 0.3) is 0 Å². The first-order valence-corrected chi connectivity index (χ1v) is 5.02. The maximum absolute atomic E-state index is 3.46. The molecule has 0 aliphatic heterocycles. The van der Waals surface area contributed by atoms with E-state index in [4.69, 9.17) is 0 Å². The van der Waals surface area contributed by atoms with E-state index in [1.54, 1.807) is 0 Å². The predicted molar refractivity (Wildman–Crippen MR) is 55.5 cm³/mol. The van der Waals surface area contributed by atoms with E-state index in [2.05, 4.69) is 38.3 Å². The fourth-order valence-corrected chi connectivity index (χ4v) is 0.979. The fraction of sp³-hybridized carbons (Fsp3) is 1.00. The summed E-state index contributed by atoms with van der Waals surface area (Å²) in [6, 6.07) is 0. The SMILES string of the molecule is CCCNCCCNC(C)(C)C. The normalized spacial score (nSPS) is 12.0. The Balaban J connectivity index is 3.01. The lowest BCUT2D eigenvalue weighted by Gasteiger charge is -2.20. The first-order chi connectivity index (χ1) is 5.56. The van der Waals surface area contributed by atoms with Crippen molar-refractivity contribution in [1.82, 2.24) is 10.6 Å². The van der Waals surface area contributed by atoms with E-state index in [0.717, 1.165) is 19.6 Å². The molecule has 0 spiro atoms. The average Bonchev–Trinajstić information content (AvgIpc) is 1.94. The molecular formula is C10H24N2. The molecule has 12 heavy (non-hydrogen) atoms. The van der Waals surface area contributed by atoms with E-state index in [-0.39, 0.29) is 5.54 Å². The van der Waals surface area contributed by atoms with Crippen LogP contribution in [0.5, 0.6) is 0 Å². The molecule has 0 heterocycles. The summed E-state index contributed by atoms with van der Waals surface area (Å²) < 4.78 is 0. The molecule has 0 radical (unpaired) electrons. The third kappa shape index (κ3) is 9.92. The van der Waals surface area contributed by atoms with Gasteiger partial charge < -0.3 is 10.6 Å². The van der Waals surface area contributed by atoms with Crippen molar-refractivity contribution in [2.75, 3.05) is 19.6 Å². The third-order valence-electron chi connectivity index (χ3n) is 1.61. The van der Waals surface area contributed by atoms with Gasteiger partial charge in [0.1, 0.15) is 0 Å². The lowest BCUT2D eigenvalue weighted by atomic mass is 10.1. The molecule has 0 amide bonds. The Kier molecular flexibility index (Phi) is 6.39. The summed E-state index contributed by atoms with van der Waals surface area (Å²) in [6.07, 6.45) is 2.45. The van der Waals surface area contributed by atoms with Gasteiger partial charge in [0.2, 0.25) is 0 Å². The van der Waals surface area contributed by atoms with Gasteiger partial charge in [-0.05, 0) is 53.2 Å². The standard InChI is InChI=1S/C10H24N2/c1-5-7-11-8-6-9-12-10(2,3)4/h11-12H,5-9H2,1-4H3. The molecule has 0 aromatic heterocycles. The zero-order chi connectivity index (χ0) is 9.45. The van der Waals surface area contributed by atoms with Crippen LogP contribution in [0.2, 0.25) is 0 Å². The van der Waals surface area contributed by atoms with Crippen LogP contribution in [0.1, 0.15) is 40.5 Å². The van der Waals surface area contributed by atoms with Crippen molar-refractivity contribution in [1.29, 1.82) is 0 Å². The zero-order valence-electron chi connectivity index (χ0n) is 9.04. The summed E-state index contributed by atoms with van der Waals surface area (Å²) in [4.78, 5) is 0. The highest BCUT2D eigenvalue weighted by Gasteiger charge is 2.06. The van der Waals surface area contributed by atoms with Crippen LogP contribution in [0.3, 0.4) is 0 Å². The molecule has 2 nitrogen and oxygen atoms in total. The minimum Gasteiger partial charge on any atom is -0.317 e. The van der Waals surface area contributed by atoms with Crippen LogP contribution >= 0.6 is 0 Å². The molecule has 0 aliphatic rings. The van der Waals surface area contributed by atoms with Crippen LogP contribution in [-0.4, -0.2) is 25.2 Å². The maximum atomic E-state index is 3.46. The van der Waals surface area contributed by atoms with Gasteiger partial charge in [-0.2, -0.15) is 0 Å². The van der Waals surface area contributed by atoms with Crippen molar-refractivity contribution in [2.45, 2.75) is 46.1 Å². The van der Waals surface area contributed by atoms with Gasteiger partial charge in [0.15, 0.2) is 0 Å². The molecule has 0 bridgehead atoms. The smallest absolute Gasteiger partial charge is 0.00965 e. The second kappa shape index (κ2) is 6.44. The van der Waals surface area contributed by atoms with Crippen LogP contribution in [0.15, 0.2) is 0 Å². The lowest BCUT2D eigenvalue weighted by Crippen LogP contribution is -2.37. The summed E-state index contributed by atoms with van der Waals surface area (Å²) in [6.45, 7) is 12.2. The minimum absolute atomic E-state index is 0.269. The van der Waals surface area contributed by atoms with E-state index in [0.29, 0.717) is 0 Å². The summed E-state index contributed by atoms with van der Waals surface area (Å²) in [5.74, 6) is 0. The molecule has 0 aromatic rings. The number of hydrogen-bond acceptors (Lipinski definition) is 2. The first-order valence-electron chi connectivity index (χ1n) is 5.02. The fourth-order valence-electron chi connectivity index (χ4n) is 0.979. The Morgan fingerprint density at radius 3 is 2.17 bits per heavy atom. The second-order valence-corrected chi connectivity index (χ2v) is 4.28. The van der Waals surface area contributed by atoms with Crippen LogP contribution < -0.4 is 10.6 Å². The van der Waals surface area contributed by atoms with Crippen molar-refractivity contribution in [3.63, 3.8) is 0 Å². The van der Waals surface area contributed by atoms with E-state index < -0.39 is 0 Å². The lowest BCUT2D eigenvalue weighted by molar-refractivity contribution is 0.418. The van der Waals surface area contributed by atoms with Crippen molar-refractivity contribution in [2.24, 2.45) is 0 Å². The second-order valence-electron chi connectivity index (χ2n) is 4.28. The van der Waals surface area contributed by atoms with Crippen molar-refractivity contribution in [3.8, 4) is 0 Å². The third-order valence-corrected chi connectivity index (χ3v) is 1.61. The van der Waals surface area contributed by atoms with Gasteiger partial charge in [-0.3, -0.25) is 0 Å². The van der Waals surface area contributed by atoms with E-state index in [9.17, 15) is 0 Å². The van der Waals surface area contributed by atoms with Gasteiger partial charge in [-0.15, -0.1) is 0 Å². The molecule has 0 saturated carbocycles. The molecule has 2 N–H and O–H groups in total. The highest BCUT2D eigenvalue weighted by molar-refractivity contribution is 4.69. The predicted octanol–water partition coefficient (Wildman–Crippen LogP) is 1.76. The Labute approximate surface area is 77.1 Å². The van der Waals surface area contributed by atoms with Gasteiger partial charge in [-0.1, -0.05) is 6.92 Å². The van der Waals surface area contributed by atoms with Crippen molar-refractivity contribution >= 4 is 0 Å². The van der Waals surface area contributed by atoms with Crippen molar-refractivity contribution < 1.29 is 0 Å². The monoisotopic (exact) mass is 172 g/mol. The summed E-state index contributed by atoms with van der Waals surface area (Å²) in [5.41, 5.74) is 0.269. The molecule has 0 aliphatic carbocycles. The molecule has 0 atom stereocenters. The summed E-state index contributed by atoms with van der Waals surface area (Å²) >= 11 is 0. The molecule has 2 heteroatoms. The molecule has 0 unspecified atom stereocenters. The Morgan fingerprint density at radius 2 is 1.67 bits per heavy atom.